The van der Waals surface area contributed by atoms with Crippen LogP contribution < -0.4 is 0 Å². The molecule has 0 aromatic rings. The molecule has 0 amide bonds. The predicted octanol–water partition coefficient (Wildman–Crippen LogP) is 7.36. The van der Waals surface area contributed by atoms with Crippen molar-refractivity contribution >= 4 is 5.78 Å². The lowest BCUT2D eigenvalue weighted by molar-refractivity contribution is -0.117. The minimum Gasteiger partial charge on any atom is -0.300 e. The number of ketones is 1. The SMILES string of the molecule is CC(=O)CC(C=C(C)CCC=C(C)C)CC=C(C)CCC=C(C)C. The molecule has 0 fully saturated rings. The van der Waals surface area contributed by atoms with Gasteiger partial charge in [0, 0.05) is 6.42 Å². The third-order valence-corrected chi connectivity index (χ3v) is 4.02. The Bertz CT molecular complexity index is 492. The first-order chi connectivity index (χ1) is 11.2. The maximum atomic E-state index is 11.6. The van der Waals surface area contributed by atoms with Gasteiger partial charge in [-0.05, 0) is 86.5 Å². The molecule has 24 heavy (non-hydrogen) atoms. The summed E-state index contributed by atoms with van der Waals surface area (Å²) >= 11 is 0. The van der Waals surface area contributed by atoms with Crippen molar-refractivity contribution in [2.45, 2.75) is 87.0 Å². The lowest BCUT2D eigenvalue weighted by atomic mass is 9.94. The summed E-state index contributed by atoms with van der Waals surface area (Å²) < 4.78 is 0. The molecule has 1 atom stereocenters. The van der Waals surface area contributed by atoms with Crippen LogP contribution in [0.4, 0.5) is 0 Å². The fourth-order valence-electron chi connectivity index (χ4n) is 2.70. The van der Waals surface area contributed by atoms with Gasteiger partial charge in [-0.1, -0.05) is 46.6 Å². The van der Waals surface area contributed by atoms with E-state index in [-0.39, 0.29) is 5.78 Å². The Labute approximate surface area is 150 Å². The topological polar surface area (TPSA) is 17.1 Å². The van der Waals surface area contributed by atoms with Crippen LogP contribution in [0.5, 0.6) is 0 Å². The highest BCUT2D eigenvalue weighted by Crippen LogP contribution is 2.19. The number of hydrogen-bond acceptors (Lipinski definition) is 1. The fraction of sp³-hybridized carbons (Fsp3) is 0.609. The van der Waals surface area contributed by atoms with Crippen molar-refractivity contribution in [1.82, 2.24) is 0 Å². The van der Waals surface area contributed by atoms with Gasteiger partial charge in [-0.2, -0.15) is 0 Å². The first kappa shape index (κ1) is 22.6. The van der Waals surface area contributed by atoms with Crippen LogP contribution in [0.3, 0.4) is 0 Å². The second kappa shape index (κ2) is 13.0. The van der Waals surface area contributed by atoms with E-state index < -0.39 is 0 Å². The second-order valence-electron chi connectivity index (χ2n) is 7.61. The average Bonchev–Trinajstić information content (AvgIpc) is 2.43. The largest absolute Gasteiger partial charge is 0.300 e. The molecule has 0 radical (unpaired) electrons. The number of rotatable bonds is 11. The van der Waals surface area contributed by atoms with Gasteiger partial charge >= 0.3 is 0 Å². The molecule has 0 bridgehead atoms. The molecule has 1 unspecified atom stereocenters. The van der Waals surface area contributed by atoms with E-state index in [4.69, 9.17) is 0 Å². The molecule has 0 N–H and O–H groups in total. The van der Waals surface area contributed by atoms with Gasteiger partial charge in [-0.25, -0.2) is 0 Å². The van der Waals surface area contributed by atoms with Crippen molar-refractivity contribution in [3.05, 3.63) is 46.6 Å². The average molecular weight is 331 g/mol. The Kier molecular flexibility index (Phi) is 12.2. The summed E-state index contributed by atoms with van der Waals surface area (Å²) in [4.78, 5) is 11.6. The molecule has 0 aliphatic heterocycles. The zero-order valence-corrected chi connectivity index (χ0v) is 17.0. The Balaban J connectivity index is 4.67. The van der Waals surface area contributed by atoms with Crippen molar-refractivity contribution in [1.29, 1.82) is 0 Å². The van der Waals surface area contributed by atoms with E-state index in [1.165, 1.54) is 22.3 Å². The Morgan fingerprint density at radius 3 is 1.71 bits per heavy atom. The van der Waals surface area contributed by atoms with E-state index >= 15 is 0 Å². The number of hydrogen-bond donors (Lipinski definition) is 0. The van der Waals surface area contributed by atoms with Gasteiger partial charge in [-0.15, -0.1) is 0 Å². The number of Topliss-reactive ketones (excluding diaryl/α,β-unsaturated/α-hetero) is 1. The van der Waals surface area contributed by atoms with E-state index in [0.29, 0.717) is 12.3 Å². The molecule has 0 aromatic carbocycles. The minimum atomic E-state index is 0.281. The zero-order chi connectivity index (χ0) is 18.5. The molecular formula is C23H38O. The lowest BCUT2D eigenvalue weighted by Crippen LogP contribution is -2.03. The van der Waals surface area contributed by atoms with Crippen molar-refractivity contribution in [2.24, 2.45) is 5.92 Å². The Hall–Kier alpha value is -1.37. The molecule has 1 heteroatoms. The summed E-state index contributed by atoms with van der Waals surface area (Å²) in [5, 5.41) is 0. The summed E-state index contributed by atoms with van der Waals surface area (Å²) in [6, 6.07) is 0. The van der Waals surface area contributed by atoms with Crippen molar-refractivity contribution < 1.29 is 4.79 Å². The van der Waals surface area contributed by atoms with Crippen LogP contribution in [-0.4, -0.2) is 5.78 Å². The van der Waals surface area contributed by atoms with Gasteiger partial charge in [0.25, 0.3) is 0 Å². The molecule has 1 nitrogen and oxygen atoms in total. The summed E-state index contributed by atoms with van der Waals surface area (Å²) in [6.07, 6.45) is 15.2. The molecule has 0 aliphatic rings. The first-order valence-electron chi connectivity index (χ1n) is 9.29. The van der Waals surface area contributed by atoms with E-state index in [0.717, 1.165) is 32.1 Å². The van der Waals surface area contributed by atoms with Gasteiger partial charge in [0.05, 0.1) is 0 Å². The van der Waals surface area contributed by atoms with Crippen LogP contribution in [-0.2, 0) is 4.79 Å². The van der Waals surface area contributed by atoms with E-state index in [2.05, 4.69) is 65.8 Å². The van der Waals surface area contributed by atoms with Crippen LogP contribution in [0.15, 0.2) is 46.6 Å². The fourth-order valence-corrected chi connectivity index (χ4v) is 2.70. The maximum absolute atomic E-state index is 11.6. The lowest BCUT2D eigenvalue weighted by Gasteiger charge is -2.11. The standard InChI is InChI=1S/C23H38O/c1-18(2)10-8-12-20(5)14-15-23(17-22(7)24)16-21(6)13-9-11-19(3)4/h10-11,14,16,23H,8-9,12-13,15,17H2,1-7H3. The molecule has 0 aromatic heterocycles. The molecule has 0 saturated carbocycles. The van der Waals surface area contributed by atoms with Gasteiger partial charge in [-0.3, -0.25) is 0 Å². The smallest absolute Gasteiger partial charge is 0.130 e. The highest BCUT2D eigenvalue weighted by Gasteiger charge is 2.08. The molecule has 0 spiro atoms. The Morgan fingerprint density at radius 1 is 0.750 bits per heavy atom. The van der Waals surface area contributed by atoms with Crippen molar-refractivity contribution in [3.63, 3.8) is 0 Å². The van der Waals surface area contributed by atoms with Gasteiger partial charge in [0.1, 0.15) is 5.78 Å². The molecule has 0 heterocycles. The van der Waals surface area contributed by atoms with Crippen LogP contribution in [0, 0.1) is 5.92 Å². The minimum absolute atomic E-state index is 0.281. The van der Waals surface area contributed by atoms with Gasteiger partial charge in [0.15, 0.2) is 0 Å². The molecule has 0 saturated heterocycles. The highest BCUT2D eigenvalue weighted by atomic mass is 16.1. The Morgan fingerprint density at radius 2 is 1.25 bits per heavy atom. The number of allylic oxidation sites excluding steroid dienone is 8. The van der Waals surface area contributed by atoms with Crippen LogP contribution >= 0.6 is 0 Å². The normalized spacial score (nSPS) is 13.5. The van der Waals surface area contributed by atoms with Crippen molar-refractivity contribution in [3.8, 4) is 0 Å². The summed E-state index contributed by atoms with van der Waals surface area (Å²) in [7, 11) is 0. The maximum Gasteiger partial charge on any atom is 0.130 e. The zero-order valence-electron chi connectivity index (χ0n) is 17.0. The van der Waals surface area contributed by atoms with E-state index in [9.17, 15) is 4.79 Å². The second-order valence-corrected chi connectivity index (χ2v) is 7.61. The van der Waals surface area contributed by atoms with Gasteiger partial charge in [0.2, 0.25) is 0 Å². The monoisotopic (exact) mass is 330 g/mol. The first-order valence-corrected chi connectivity index (χ1v) is 9.29. The van der Waals surface area contributed by atoms with E-state index in [1.807, 2.05) is 0 Å². The van der Waals surface area contributed by atoms with Crippen LogP contribution in [0.2, 0.25) is 0 Å². The summed E-state index contributed by atoms with van der Waals surface area (Å²) in [6.45, 7) is 14.7. The third-order valence-electron chi connectivity index (χ3n) is 4.02. The predicted molar refractivity (Wildman–Crippen MR) is 108 cm³/mol. The van der Waals surface area contributed by atoms with Crippen molar-refractivity contribution in [2.75, 3.05) is 0 Å². The summed E-state index contributed by atoms with van der Waals surface area (Å²) in [5.74, 6) is 0.622. The van der Waals surface area contributed by atoms with Gasteiger partial charge < -0.3 is 4.79 Å². The quantitative estimate of drug-likeness (QED) is 0.362. The molecular weight excluding hydrogens is 292 g/mol. The highest BCUT2D eigenvalue weighted by molar-refractivity contribution is 5.76. The molecule has 0 aliphatic carbocycles. The van der Waals surface area contributed by atoms with Crippen LogP contribution in [0.1, 0.15) is 87.0 Å². The molecule has 0 rings (SSSR count). The van der Waals surface area contributed by atoms with Crippen LogP contribution in [0.25, 0.3) is 0 Å². The third kappa shape index (κ3) is 14.2. The van der Waals surface area contributed by atoms with E-state index in [1.54, 1.807) is 6.92 Å². The number of carbonyl (C=O) groups is 1. The molecule has 136 valence electrons. The number of carbonyl (C=O) groups excluding carboxylic acids is 1. The summed E-state index contributed by atoms with van der Waals surface area (Å²) in [5.41, 5.74) is 5.58.